The molecule has 0 radical (unpaired) electrons. The number of aliphatic imine (C=N–C) groups is 1. The predicted molar refractivity (Wildman–Crippen MR) is 204 cm³/mol. The topological polar surface area (TPSA) is 166 Å². The van der Waals surface area contributed by atoms with Crippen molar-refractivity contribution in [2.75, 3.05) is 19.6 Å². The molecule has 52 heavy (non-hydrogen) atoms. The number of amidine groups is 1. The van der Waals surface area contributed by atoms with Crippen LogP contribution >= 0.6 is 0 Å². The number of carbonyl (C=O) groups excluding carboxylic acids is 1. The van der Waals surface area contributed by atoms with Crippen molar-refractivity contribution in [3.8, 4) is 5.75 Å². The molecule has 2 aliphatic heterocycles. The lowest BCUT2D eigenvalue weighted by atomic mass is 9.85. The average molecular weight is 710 g/mol. The molecular formula is C39H55N11O2. The normalized spacial score (nSPS) is 22.7. The molecule has 4 heterocycles. The minimum atomic E-state index is -0.376. The smallest absolute Gasteiger partial charge is 0.320 e. The SMILES string of the molecule is CC(C)C(N)=CC(=Nc1cnn(CCN2CCCC2)c1)NC(=O)NC1CCC(Oc2ccc(=N)n(C(=N)N3[C@H](C)CCC[C@@H]3C)c2)c2ccccc21. The molecule has 0 saturated carbocycles. The van der Waals surface area contributed by atoms with E-state index < -0.39 is 0 Å². The average Bonchev–Trinajstić information content (AvgIpc) is 3.81. The van der Waals surface area contributed by atoms with E-state index in [1.807, 2.05) is 49.0 Å². The van der Waals surface area contributed by atoms with Gasteiger partial charge < -0.3 is 25.6 Å². The Balaban J connectivity index is 1.14. The van der Waals surface area contributed by atoms with Crippen molar-refractivity contribution >= 4 is 23.5 Å². The summed E-state index contributed by atoms with van der Waals surface area (Å²) in [4.78, 5) is 22.8. The summed E-state index contributed by atoms with van der Waals surface area (Å²) in [6.45, 7) is 12.3. The number of hydrogen-bond acceptors (Lipinski definition) is 8. The molecule has 2 fully saturated rings. The summed E-state index contributed by atoms with van der Waals surface area (Å²) in [6.07, 6.45) is 13.9. The van der Waals surface area contributed by atoms with Crippen LogP contribution in [-0.4, -0.2) is 73.7 Å². The summed E-state index contributed by atoms with van der Waals surface area (Å²) in [6, 6.07) is 11.4. The number of pyridine rings is 1. The third-order valence-electron chi connectivity index (χ3n) is 10.5. The van der Waals surface area contributed by atoms with Gasteiger partial charge in [-0.2, -0.15) is 5.10 Å². The van der Waals surface area contributed by atoms with Gasteiger partial charge in [-0.1, -0.05) is 38.1 Å². The Hall–Kier alpha value is -4.91. The van der Waals surface area contributed by atoms with Crippen molar-refractivity contribution in [1.29, 1.82) is 10.8 Å². The van der Waals surface area contributed by atoms with Crippen LogP contribution in [0.3, 0.4) is 0 Å². The standard InChI is InChI=1S/C39H55N11O2/c1-26(2)33(40)22-37(44-29-23-43-48(24-29)21-20-47-18-7-8-19-47)46-39(51)45-34-15-16-35(32-13-6-5-12-31(32)34)52-30-14-17-36(41)49(25-30)38(42)50-27(3)10-9-11-28(50)4/h5-6,12-14,17,22-28,34-35,41-42H,7-11,15-16,18-21,40H2,1-4H3,(H2,44,45,46,51)/t27-,28+,34?,35?. The first kappa shape index (κ1) is 36.9. The highest BCUT2D eigenvalue weighted by molar-refractivity contribution is 6.05. The van der Waals surface area contributed by atoms with Gasteiger partial charge in [-0.15, -0.1) is 0 Å². The van der Waals surface area contributed by atoms with E-state index in [1.165, 1.54) is 12.8 Å². The number of carbonyl (C=O) groups is 1. The number of allylic oxidation sites excluding steroid dienone is 1. The van der Waals surface area contributed by atoms with E-state index in [2.05, 4.69) is 39.4 Å². The van der Waals surface area contributed by atoms with Gasteiger partial charge in [0.15, 0.2) is 0 Å². The predicted octanol–water partition coefficient (Wildman–Crippen LogP) is 5.79. The van der Waals surface area contributed by atoms with Crippen LogP contribution in [0.2, 0.25) is 0 Å². The molecule has 2 amide bonds. The number of likely N-dealkylation sites (tertiary alicyclic amines) is 2. The molecule has 3 aliphatic rings. The summed E-state index contributed by atoms with van der Waals surface area (Å²) < 4.78 is 10.1. The number of benzene rings is 1. The second-order valence-corrected chi connectivity index (χ2v) is 14.8. The molecule has 278 valence electrons. The molecule has 1 aromatic carbocycles. The van der Waals surface area contributed by atoms with Gasteiger partial charge in [-0.3, -0.25) is 25.4 Å². The Morgan fingerprint density at radius 3 is 2.48 bits per heavy atom. The van der Waals surface area contributed by atoms with E-state index in [1.54, 1.807) is 35.2 Å². The quantitative estimate of drug-likeness (QED) is 0.139. The highest BCUT2D eigenvalue weighted by Crippen LogP contribution is 2.38. The minimum Gasteiger partial charge on any atom is -0.484 e. The molecule has 2 aromatic heterocycles. The molecule has 6 N–H and O–H groups in total. The maximum atomic E-state index is 13.5. The first-order valence-corrected chi connectivity index (χ1v) is 18.8. The Kier molecular flexibility index (Phi) is 11.8. The monoisotopic (exact) mass is 709 g/mol. The summed E-state index contributed by atoms with van der Waals surface area (Å²) in [5.41, 5.74) is 9.79. The molecule has 2 unspecified atom stereocenters. The number of nitrogens with one attached hydrogen (secondary N) is 4. The van der Waals surface area contributed by atoms with E-state index in [0.717, 1.165) is 56.6 Å². The van der Waals surface area contributed by atoms with Crippen molar-refractivity contribution < 1.29 is 9.53 Å². The number of rotatable bonds is 9. The number of nitrogens with two attached hydrogens (primary N) is 1. The van der Waals surface area contributed by atoms with Crippen LogP contribution in [0.5, 0.6) is 5.75 Å². The van der Waals surface area contributed by atoms with Gasteiger partial charge >= 0.3 is 6.03 Å². The van der Waals surface area contributed by atoms with Crippen LogP contribution < -0.4 is 26.6 Å². The van der Waals surface area contributed by atoms with Crippen LogP contribution in [0, 0.1) is 16.7 Å². The molecule has 4 atom stereocenters. The molecule has 0 bridgehead atoms. The van der Waals surface area contributed by atoms with Crippen molar-refractivity contribution in [3.05, 3.63) is 83.4 Å². The van der Waals surface area contributed by atoms with Gasteiger partial charge in [0.05, 0.1) is 31.2 Å². The minimum absolute atomic E-state index is 0.0784. The van der Waals surface area contributed by atoms with Crippen molar-refractivity contribution in [3.63, 3.8) is 0 Å². The van der Waals surface area contributed by atoms with Crippen LogP contribution in [-0.2, 0) is 6.54 Å². The molecule has 2 saturated heterocycles. The van der Waals surface area contributed by atoms with Crippen LogP contribution in [0.4, 0.5) is 10.5 Å². The molecular weight excluding hydrogens is 655 g/mol. The fourth-order valence-corrected chi connectivity index (χ4v) is 7.53. The van der Waals surface area contributed by atoms with Crippen LogP contribution in [0.25, 0.3) is 0 Å². The second kappa shape index (κ2) is 16.6. The number of amides is 2. The lowest BCUT2D eigenvalue weighted by molar-refractivity contribution is 0.169. The number of piperidine rings is 1. The van der Waals surface area contributed by atoms with E-state index in [4.69, 9.17) is 26.3 Å². The summed E-state index contributed by atoms with van der Waals surface area (Å²) >= 11 is 0. The van der Waals surface area contributed by atoms with Crippen LogP contribution in [0.15, 0.2) is 71.8 Å². The molecule has 6 rings (SSSR count). The molecule has 0 spiro atoms. The van der Waals surface area contributed by atoms with Gasteiger partial charge in [-0.25, -0.2) is 9.79 Å². The fraction of sp³-hybridized carbons (Fsp3) is 0.513. The zero-order valence-corrected chi connectivity index (χ0v) is 31.0. The van der Waals surface area contributed by atoms with Gasteiger partial charge in [0.2, 0.25) is 5.96 Å². The third-order valence-corrected chi connectivity index (χ3v) is 10.5. The van der Waals surface area contributed by atoms with Crippen molar-refractivity contribution in [1.82, 2.24) is 34.8 Å². The van der Waals surface area contributed by atoms with Gasteiger partial charge in [0.1, 0.15) is 28.9 Å². The maximum absolute atomic E-state index is 13.5. The van der Waals surface area contributed by atoms with E-state index in [0.29, 0.717) is 41.8 Å². The molecule has 3 aromatic rings. The number of nitrogens with zero attached hydrogens (tertiary/aromatic N) is 6. The zero-order chi connectivity index (χ0) is 36.8. The molecule has 13 nitrogen and oxygen atoms in total. The van der Waals surface area contributed by atoms with Gasteiger partial charge in [0, 0.05) is 24.3 Å². The van der Waals surface area contributed by atoms with Crippen LogP contribution in [0.1, 0.15) is 95.9 Å². The lowest BCUT2D eigenvalue weighted by Crippen LogP contribution is -2.51. The highest BCUT2D eigenvalue weighted by atomic mass is 16.5. The van der Waals surface area contributed by atoms with E-state index in [9.17, 15) is 4.79 Å². The van der Waals surface area contributed by atoms with E-state index in [-0.39, 0.29) is 41.7 Å². The Morgan fingerprint density at radius 1 is 1.02 bits per heavy atom. The third kappa shape index (κ3) is 8.93. The highest BCUT2D eigenvalue weighted by Gasteiger charge is 2.31. The number of fused-ring (bicyclic) bond motifs is 1. The zero-order valence-electron chi connectivity index (χ0n) is 31.0. The Morgan fingerprint density at radius 2 is 1.75 bits per heavy atom. The largest absolute Gasteiger partial charge is 0.484 e. The summed E-state index contributed by atoms with van der Waals surface area (Å²) in [5, 5.41) is 28.2. The number of aromatic nitrogens is 3. The Labute approximate surface area is 306 Å². The first-order chi connectivity index (χ1) is 25.0. The van der Waals surface area contributed by atoms with E-state index >= 15 is 0 Å². The second-order valence-electron chi connectivity index (χ2n) is 14.8. The summed E-state index contributed by atoms with van der Waals surface area (Å²) in [7, 11) is 0. The van der Waals surface area contributed by atoms with Gasteiger partial charge in [-0.05, 0) is 107 Å². The number of urea groups is 1. The van der Waals surface area contributed by atoms with Crippen molar-refractivity contribution in [2.45, 2.75) is 103 Å². The number of hydrogen-bond donors (Lipinski definition) is 5. The molecule has 13 heteroatoms. The van der Waals surface area contributed by atoms with Gasteiger partial charge in [0.25, 0.3) is 0 Å². The van der Waals surface area contributed by atoms with Crippen molar-refractivity contribution in [2.24, 2.45) is 16.6 Å². The first-order valence-electron chi connectivity index (χ1n) is 18.8. The molecule has 1 aliphatic carbocycles. The Bertz CT molecular complexity index is 1830. The lowest BCUT2D eigenvalue weighted by Gasteiger charge is -2.41. The number of ether oxygens (including phenoxy) is 1. The maximum Gasteiger partial charge on any atom is 0.320 e. The summed E-state index contributed by atoms with van der Waals surface area (Å²) in [5.74, 6) is 1.32. The fourth-order valence-electron chi connectivity index (χ4n) is 7.53.